The molecule has 5 heteroatoms. The molecule has 0 saturated heterocycles. The van der Waals surface area contributed by atoms with Crippen LogP contribution in [0.5, 0.6) is 0 Å². The minimum atomic E-state index is 0.368. The summed E-state index contributed by atoms with van der Waals surface area (Å²) in [6.07, 6.45) is 0. The van der Waals surface area contributed by atoms with Crippen molar-refractivity contribution in [2.75, 3.05) is 5.73 Å². The fourth-order valence-electron chi connectivity index (χ4n) is 1.46. The highest BCUT2D eigenvalue weighted by Crippen LogP contribution is 2.26. The van der Waals surface area contributed by atoms with E-state index in [9.17, 15) is 0 Å². The zero-order valence-electron chi connectivity index (χ0n) is 8.61. The molecule has 0 aliphatic rings. The Morgan fingerprint density at radius 1 is 1.38 bits per heavy atom. The lowest BCUT2D eigenvalue weighted by molar-refractivity contribution is 0.782. The smallest absolute Gasteiger partial charge is 0.140 e. The van der Waals surface area contributed by atoms with Crippen LogP contribution >= 0.6 is 11.6 Å². The van der Waals surface area contributed by atoms with Gasteiger partial charge in [0.2, 0.25) is 0 Å². The van der Waals surface area contributed by atoms with Gasteiger partial charge in [-0.25, -0.2) is 0 Å². The molecule has 0 unspecified atom stereocenters. The van der Waals surface area contributed by atoms with Gasteiger partial charge in [-0.05, 0) is 12.1 Å². The SMILES string of the molecule is Cn1nc(-c2ccc(Cl)cc2)c(C#N)c1N. The van der Waals surface area contributed by atoms with Gasteiger partial charge in [-0.2, -0.15) is 10.4 Å². The molecule has 16 heavy (non-hydrogen) atoms. The maximum absolute atomic E-state index is 9.02. The van der Waals surface area contributed by atoms with E-state index in [1.54, 1.807) is 19.2 Å². The zero-order valence-corrected chi connectivity index (χ0v) is 9.36. The molecule has 2 N–H and O–H groups in total. The molecule has 2 rings (SSSR count). The van der Waals surface area contributed by atoms with Gasteiger partial charge in [0, 0.05) is 17.6 Å². The van der Waals surface area contributed by atoms with Gasteiger partial charge in [-0.3, -0.25) is 4.68 Å². The molecule has 0 saturated carbocycles. The van der Waals surface area contributed by atoms with Crippen LogP contribution in [0.4, 0.5) is 5.82 Å². The molecule has 2 aromatic rings. The van der Waals surface area contributed by atoms with Crippen LogP contribution in [0, 0.1) is 11.3 Å². The van der Waals surface area contributed by atoms with Crippen molar-refractivity contribution in [2.45, 2.75) is 0 Å². The van der Waals surface area contributed by atoms with Crippen molar-refractivity contribution < 1.29 is 0 Å². The molecule has 0 aliphatic carbocycles. The molecule has 1 heterocycles. The predicted molar refractivity (Wildman–Crippen MR) is 62.8 cm³/mol. The maximum Gasteiger partial charge on any atom is 0.140 e. The first kappa shape index (κ1) is 10.5. The maximum atomic E-state index is 9.02. The summed E-state index contributed by atoms with van der Waals surface area (Å²) in [5.74, 6) is 0.368. The molecule has 0 radical (unpaired) electrons. The highest BCUT2D eigenvalue weighted by atomic mass is 35.5. The number of halogens is 1. The third kappa shape index (κ3) is 1.62. The van der Waals surface area contributed by atoms with Crippen LogP contribution in [0.15, 0.2) is 24.3 Å². The first-order valence-corrected chi connectivity index (χ1v) is 5.00. The number of aryl methyl sites for hydroxylation is 1. The average molecular weight is 233 g/mol. The summed E-state index contributed by atoms with van der Waals surface area (Å²) in [4.78, 5) is 0. The first-order chi connectivity index (χ1) is 7.63. The molecular formula is C11H9ClN4. The molecule has 80 valence electrons. The minimum Gasteiger partial charge on any atom is -0.383 e. The van der Waals surface area contributed by atoms with Gasteiger partial charge in [0.1, 0.15) is 23.1 Å². The highest BCUT2D eigenvalue weighted by molar-refractivity contribution is 6.30. The quantitative estimate of drug-likeness (QED) is 0.820. The lowest BCUT2D eigenvalue weighted by Gasteiger charge is -1.96. The Kier molecular flexibility index (Phi) is 2.55. The van der Waals surface area contributed by atoms with Crippen LogP contribution < -0.4 is 5.73 Å². The first-order valence-electron chi connectivity index (χ1n) is 4.62. The number of nitrogens with two attached hydrogens (primary N) is 1. The van der Waals surface area contributed by atoms with Crippen LogP contribution in [-0.4, -0.2) is 9.78 Å². The van der Waals surface area contributed by atoms with Crippen molar-refractivity contribution in [1.82, 2.24) is 9.78 Å². The third-order valence-electron chi connectivity index (χ3n) is 2.32. The highest BCUT2D eigenvalue weighted by Gasteiger charge is 2.14. The second kappa shape index (κ2) is 3.87. The minimum absolute atomic E-state index is 0.368. The molecule has 0 bridgehead atoms. The van der Waals surface area contributed by atoms with E-state index in [0.29, 0.717) is 22.1 Å². The Hall–Kier alpha value is -1.99. The topological polar surface area (TPSA) is 67.6 Å². The second-order valence-corrected chi connectivity index (χ2v) is 3.79. The molecular weight excluding hydrogens is 224 g/mol. The molecule has 0 amide bonds. The van der Waals surface area contributed by atoms with Gasteiger partial charge in [-0.15, -0.1) is 0 Å². The number of hydrogen-bond donors (Lipinski definition) is 1. The van der Waals surface area contributed by atoms with Gasteiger partial charge < -0.3 is 5.73 Å². The summed E-state index contributed by atoms with van der Waals surface area (Å²) < 4.78 is 1.49. The van der Waals surface area contributed by atoms with E-state index in [0.717, 1.165) is 5.56 Å². The number of rotatable bonds is 1. The van der Waals surface area contributed by atoms with E-state index in [-0.39, 0.29) is 0 Å². The van der Waals surface area contributed by atoms with Crippen molar-refractivity contribution in [3.63, 3.8) is 0 Å². The third-order valence-corrected chi connectivity index (χ3v) is 2.57. The fourth-order valence-corrected chi connectivity index (χ4v) is 1.58. The lowest BCUT2D eigenvalue weighted by Crippen LogP contribution is -1.97. The molecule has 1 aromatic carbocycles. The van der Waals surface area contributed by atoms with Crippen molar-refractivity contribution in [3.8, 4) is 17.3 Å². The predicted octanol–water partition coefficient (Wildman–Crippen LogP) is 2.19. The van der Waals surface area contributed by atoms with E-state index in [2.05, 4.69) is 11.2 Å². The van der Waals surface area contributed by atoms with Crippen molar-refractivity contribution in [3.05, 3.63) is 34.9 Å². The van der Waals surface area contributed by atoms with Crippen molar-refractivity contribution in [1.29, 1.82) is 5.26 Å². The van der Waals surface area contributed by atoms with Crippen LogP contribution in [0.3, 0.4) is 0 Å². The van der Waals surface area contributed by atoms with E-state index < -0.39 is 0 Å². The van der Waals surface area contributed by atoms with Crippen molar-refractivity contribution in [2.24, 2.45) is 7.05 Å². The standard InChI is InChI=1S/C11H9ClN4/c1-16-11(14)9(6-13)10(15-16)7-2-4-8(12)5-3-7/h2-5H,14H2,1H3. The zero-order chi connectivity index (χ0) is 11.7. The van der Waals surface area contributed by atoms with E-state index >= 15 is 0 Å². The summed E-state index contributed by atoms with van der Waals surface area (Å²) in [6.45, 7) is 0. The number of nitrogen functional groups attached to an aromatic ring is 1. The normalized spacial score (nSPS) is 10.1. The summed E-state index contributed by atoms with van der Waals surface area (Å²) in [5.41, 5.74) is 7.54. The molecule has 1 aromatic heterocycles. The van der Waals surface area contributed by atoms with Crippen LogP contribution in [0.2, 0.25) is 5.02 Å². The summed E-state index contributed by atoms with van der Waals surface area (Å²) in [7, 11) is 1.70. The van der Waals surface area contributed by atoms with E-state index in [1.807, 2.05) is 12.1 Å². The van der Waals surface area contributed by atoms with Gasteiger partial charge in [0.25, 0.3) is 0 Å². The van der Waals surface area contributed by atoms with Crippen molar-refractivity contribution >= 4 is 17.4 Å². The fraction of sp³-hybridized carbons (Fsp3) is 0.0909. The van der Waals surface area contributed by atoms with Crippen LogP contribution in [0.25, 0.3) is 11.3 Å². The Morgan fingerprint density at radius 2 is 2.00 bits per heavy atom. The summed E-state index contributed by atoms with van der Waals surface area (Å²) in [6, 6.07) is 9.18. The Bertz CT molecular complexity index is 563. The van der Waals surface area contributed by atoms with Crippen LogP contribution in [-0.2, 0) is 7.05 Å². The summed E-state index contributed by atoms with van der Waals surface area (Å²) in [5, 5.41) is 13.9. The van der Waals surface area contributed by atoms with Gasteiger partial charge in [0.05, 0.1) is 0 Å². The number of nitriles is 1. The number of aromatic nitrogens is 2. The molecule has 0 atom stereocenters. The number of hydrogen-bond acceptors (Lipinski definition) is 3. The molecule has 0 fully saturated rings. The Labute approximate surface area is 97.9 Å². The molecule has 4 nitrogen and oxygen atoms in total. The molecule has 0 spiro atoms. The Balaban J connectivity index is 2.61. The summed E-state index contributed by atoms with van der Waals surface area (Å²) >= 11 is 5.79. The van der Waals surface area contributed by atoms with Gasteiger partial charge in [0.15, 0.2) is 0 Å². The van der Waals surface area contributed by atoms with Gasteiger partial charge in [-0.1, -0.05) is 23.7 Å². The van der Waals surface area contributed by atoms with Gasteiger partial charge >= 0.3 is 0 Å². The number of anilines is 1. The number of nitrogens with zero attached hydrogens (tertiary/aromatic N) is 3. The van der Waals surface area contributed by atoms with E-state index in [4.69, 9.17) is 22.6 Å². The molecule has 0 aliphatic heterocycles. The average Bonchev–Trinajstić information content (AvgIpc) is 2.56. The largest absolute Gasteiger partial charge is 0.383 e. The monoisotopic (exact) mass is 232 g/mol. The second-order valence-electron chi connectivity index (χ2n) is 3.35. The lowest BCUT2D eigenvalue weighted by atomic mass is 10.1. The Morgan fingerprint density at radius 3 is 2.56 bits per heavy atom. The van der Waals surface area contributed by atoms with E-state index in [1.165, 1.54) is 4.68 Å². The number of benzene rings is 1. The van der Waals surface area contributed by atoms with Crippen LogP contribution in [0.1, 0.15) is 5.56 Å².